The predicted molar refractivity (Wildman–Crippen MR) is 75.4 cm³/mol. The molecule has 2 rings (SSSR count). The molecule has 5 nitrogen and oxygen atoms in total. The monoisotopic (exact) mass is 273 g/mol. The van der Waals surface area contributed by atoms with Crippen LogP contribution in [0.4, 0.5) is 5.69 Å². The van der Waals surface area contributed by atoms with Crippen LogP contribution in [-0.4, -0.2) is 29.1 Å². The predicted octanol–water partition coefficient (Wildman–Crippen LogP) is 2.42. The lowest BCUT2D eigenvalue weighted by atomic mass is 9.76. The Balaban J connectivity index is 2.30. The van der Waals surface area contributed by atoms with Gasteiger partial charge in [0.05, 0.1) is 22.9 Å². The Morgan fingerprint density at radius 1 is 1.65 bits per heavy atom. The summed E-state index contributed by atoms with van der Waals surface area (Å²) in [6, 6.07) is 3.83. The normalized spacial score (nSPS) is 22.3. The number of hydrogen-bond acceptors (Lipinski definition) is 4. The third-order valence-corrected chi connectivity index (χ3v) is 4.02. The minimum absolute atomic E-state index is 0.455. The molecular formula is C15H19N3O2. The fraction of sp³-hybridized carbons (Fsp3) is 0.533. The molecule has 1 unspecified atom stereocenters. The number of carboxylic acid groups (broad SMARTS) is 1. The average Bonchev–Trinajstić information content (AvgIpc) is 2.47. The molecule has 0 aromatic carbocycles. The van der Waals surface area contributed by atoms with E-state index in [0.717, 1.165) is 25.1 Å². The van der Waals surface area contributed by atoms with E-state index in [9.17, 15) is 15.2 Å². The maximum absolute atomic E-state index is 11.7. The van der Waals surface area contributed by atoms with E-state index >= 15 is 0 Å². The smallest absolute Gasteiger partial charge is 0.311 e. The molecule has 1 aromatic rings. The Kier molecular flexibility index (Phi) is 4.23. The second-order valence-corrected chi connectivity index (χ2v) is 5.37. The van der Waals surface area contributed by atoms with Gasteiger partial charge in [-0.05, 0) is 25.3 Å². The zero-order chi connectivity index (χ0) is 14.6. The lowest BCUT2D eigenvalue weighted by Crippen LogP contribution is -2.48. The molecule has 1 N–H and O–H groups in total. The fourth-order valence-corrected chi connectivity index (χ4v) is 3.03. The number of hydrogen-bond donors (Lipinski definition) is 1. The van der Waals surface area contributed by atoms with Crippen molar-refractivity contribution in [1.29, 1.82) is 5.26 Å². The summed E-state index contributed by atoms with van der Waals surface area (Å²) in [5.41, 5.74) is 0.601. The van der Waals surface area contributed by atoms with E-state index in [1.165, 1.54) is 0 Å². The Morgan fingerprint density at radius 2 is 2.45 bits per heavy atom. The third kappa shape index (κ3) is 2.60. The summed E-state index contributed by atoms with van der Waals surface area (Å²) >= 11 is 0. The standard InChI is InChI=1S/C15H19N3O2/c1-2-5-15(14(19)20)6-3-8-18(11-15)13-10-17-7-4-12(13)9-16/h4,7,10H,2-3,5-6,8,11H2,1H3,(H,19,20). The number of carboxylic acids is 1. The van der Waals surface area contributed by atoms with Crippen LogP contribution in [-0.2, 0) is 4.79 Å². The molecule has 0 radical (unpaired) electrons. The number of carbonyl (C=O) groups is 1. The van der Waals surface area contributed by atoms with Crippen LogP contribution in [0.2, 0.25) is 0 Å². The van der Waals surface area contributed by atoms with Crippen LogP contribution in [0.25, 0.3) is 0 Å². The van der Waals surface area contributed by atoms with Crippen molar-refractivity contribution >= 4 is 11.7 Å². The van der Waals surface area contributed by atoms with Gasteiger partial charge in [0.25, 0.3) is 0 Å². The number of pyridine rings is 1. The first kappa shape index (κ1) is 14.3. The van der Waals surface area contributed by atoms with Crippen molar-refractivity contribution in [2.75, 3.05) is 18.0 Å². The molecule has 20 heavy (non-hydrogen) atoms. The van der Waals surface area contributed by atoms with Crippen LogP contribution in [0.3, 0.4) is 0 Å². The third-order valence-electron chi connectivity index (χ3n) is 4.02. The van der Waals surface area contributed by atoms with Crippen LogP contribution >= 0.6 is 0 Å². The molecule has 0 aliphatic carbocycles. The number of nitrogens with zero attached hydrogens (tertiary/aromatic N) is 3. The molecular weight excluding hydrogens is 254 g/mol. The number of anilines is 1. The first-order chi connectivity index (χ1) is 9.63. The van der Waals surface area contributed by atoms with Gasteiger partial charge in [0.2, 0.25) is 0 Å². The van der Waals surface area contributed by atoms with E-state index in [-0.39, 0.29) is 0 Å². The number of rotatable bonds is 4. The molecule has 1 atom stereocenters. The van der Waals surface area contributed by atoms with Crippen LogP contribution in [0, 0.1) is 16.7 Å². The fourth-order valence-electron chi connectivity index (χ4n) is 3.03. The zero-order valence-electron chi connectivity index (χ0n) is 11.7. The summed E-state index contributed by atoms with van der Waals surface area (Å²) in [6.07, 6.45) is 6.28. The highest BCUT2D eigenvalue weighted by Crippen LogP contribution is 2.37. The van der Waals surface area contributed by atoms with Gasteiger partial charge >= 0.3 is 5.97 Å². The summed E-state index contributed by atoms with van der Waals surface area (Å²) in [6.45, 7) is 3.24. The van der Waals surface area contributed by atoms with Crippen LogP contribution < -0.4 is 4.90 Å². The van der Waals surface area contributed by atoms with E-state index < -0.39 is 11.4 Å². The van der Waals surface area contributed by atoms with Crippen molar-refractivity contribution in [2.24, 2.45) is 5.41 Å². The van der Waals surface area contributed by atoms with Crippen molar-refractivity contribution in [3.8, 4) is 6.07 Å². The summed E-state index contributed by atoms with van der Waals surface area (Å²) in [7, 11) is 0. The summed E-state index contributed by atoms with van der Waals surface area (Å²) < 4.78 is 0. The number of aliphatic carboxylic acids is 1. The number of piperidine rings is 1. The first-order valence-electron chi connectivity index (χ1n) is 6.95. The summed E-state index contributed by atoms with van der Waals surface area (Å²) in [5, 5.41) is 18.8. The quantitative estimate of drug-likeness (QED) is 0.911. The highest BCUT2D eigenvalue weighted by molar-refractivity contribution is 5.76. The van der Waals surface area contributed by atoms with Crippen LogP contribution in [0.1, 0.15) is 38.2 Å². The Labute approximate surface area is 118 Å². The number of aromatic nitrogens is 1. The van der Waals surface area contributed by atoms with Crippen molar-refractivity contribution in [1.82, 2.24) is 4.98 Å². The Bertz CT molecular complexity index is 534. The van der Waals surface area contributed by atoms with Gasteiger partial charge in [-0.2, -0.15) is 5.26 Å². The highest BCUT2D eigenvalue weighted by Gasteiger charge is 2.42. The minimum atomic E-state index is -0.730. The average molecular weight is 273 g/mol. The lowest BCUT2D eigenvalue weighted by molar-refractivity contribution is -0.150. The maximum Gasteiger partial charge on any atom is 0.311 e. The summed E-state index contributed by atoms with van der Waals surface area (Å²) in [5.74, 6) is -0.730. The molecule has 1 saturated heterocycles. The molecule has 5 heteroatoms. The second-order valence-electron chi connectivity index (χ2n) is 5.37. The van der Waals surface area contributed by atoms with Crippen LogP contribution in [0.15, 0.2) is 18.5 Å². The van der Waals surface area contributed by atoms with Crippen molar-refractivity contribution < 1.29 is 9.90 Å². The topological polar surface area (TPSA) is 77.2 Å². The van der Waals surface area contributed by atoms with Gasteiger partial charge in [-0.1, -0.05) is 13.3 Å². The highest BCUT2D eigenvalue weighted by atomic mass is 16.4. The van der Waals surface area contributed by atoms with Crippen molar-refractivity contribution in [3.05, 3.63) is 24.0 Å². The van der Waals surface area contributed by atoms with Crippen molar-refractivity contribution in [3.63, 3.8) is 0 Å². The van der Waals surface area contributed by atoms with Crippen molar-refractivity contribution in [2.45, 2.75) is 32.6 Å². The van der Waals surface area contributed by atoms with Gasteiger partial charge < -0.3 is 10.0 Å². The zero-order valence-corrected chi connectivity index (χ0v) is 11.7. The Morgan fingerprint density at radius 3 is 3.10 bits per heavy atom. The Hall–Kier alpha value is -2.09. The molecule has 0 amide bonds. The molecule has 1 aliphatic heterocycles. The van der Waals surface area contributed by atoms with E-state index in [4.69, 9.17) is 0 Å². The van der Waals surface area contributed by atoms with Gasteiger partial charge in [-0.15, -0.1) is 0 Å². The largest absolute Gasteiger partial charge is 0.481 e. The molecule has 0 bridgehead atoms. The lowest BCUT2D eigenvalue weighted by Gasteiger charge is -2.41. The van der Waals surface area contributed by atoms with Gasteiger partial charge in [0, 0.05) is 19.3 Å². The molecule has 1 fully saturated rings. The molecule has 2 heterocycles. The molecule has 1 aliphatic rings. The SMILES string of the molecule is CCCC1(C(=O)O)CCCN(c2cnccc2C#N)C1. The van der Waals surface area contributed by atoms with Crippen LogP contribution in [0.5, 0.6) is 0 Å². The van der Waals surface area contributed by atoms with E-state index in [2.05, 4.69) is 11.1 Å². The molecule has 106 valence electrons. The van der Waals surface area contributed by atoms with Gasteiger partial charge in [0.15, 0.2) is 0 Å². The molecule has 1 aromatic heterocycles. The van der Waals surface area contributed by atoms with Gasteiger partial charge in [-0.3, -0.25) is 9.78 Å². The molecule has 0 spiro atoms. The minimum Gasteiger partial charge on any atom is -0.481 e. The van der Waals surface area contributed by atoms with Gasteiger partial charge in [0.1, 0.15) is 6.07 Å². The first-order valence-corrected chi connectivity index (χ1v) is 6.95. The maximum atomic E-state index is 11.7. The van der Waals surface area contributed by atoms with E-state index in [1.54, 1.807) is 18.5 Å². The second kappa shape index (κ2) is 5.91. The molecule has 0 saturated carbocycles. The number of nitriles is 1. The van der Waals surface area contributed by atoms with Gasteiger partial charge in [-0.25, -0.2) is 0 Å². The summed E-state index contributed by atoms with van der Waals surface area (Å²) in [4.78, 5) is 17.8. The van der Waals surface area contributed by atoms with E-state index in [0.29, 0.717) is 24.9 Å². The van der Waals surface area contributed by atoms with E-state index in [1.807, 2.05) is 11.8 Å².